The average Bonchev–Trinajstić information content (AvgIpc) is 2.25. The second kappa shape index (κ2) is 7.04. The summed E-state index contributed by atoms with van der Waals surface area (Å²) in [6.45, 7) is 2.89. The Hall–Kier alpha value is -1.32. The van der Waals surface area contributed by atoms with E-state index in [-0.39, 0.29) is 0 Å². The predicted molar refractivity (Wildman–Crippen MR) is 60.7 cm³/mol. The Labute approximate surface area is 90.9 Å². The summed E-state index contributed by atoms with van der Waals surface area (Å²) in [5.41, 5.74) is 6.14. The van der Waals surface area contributed by atoms with Crippen LogP contribution in [0.2, 0.25) is 0 Å². The lowest BCUT2D eigenvalue weighted by molar-refractivity contribution is 0.294. The van der Waals surface area contributed by atoms with Crippen molar-refractivity contribution < 1.29 is 4.74 Å². The van der Waals surface area contributed by atoms with Gasteiger partial charge in [0.2, 0.25) is 5.88 Å². The Morgan fingerprint density at radius 3 is 2.80 bits per heavy atom. The molecule has 1 aromatic rings. The third kappa shape index (κ3) is 4.63. The van der Waals surface area contributed by atoms with Crippen LogP contribution >= 0.6 is 0 Å². The summed E-state index contributed by atoms with van der Waals surface area (Å²) in [7, 11) is 0. The van der Waals surface area contributed by atoms with Gasteiger partial charge < -0.3 is 10.5 Å². The van der Waals surface area contributed by atoms with Crippen LogP contribution < -0.4 is 10.5 Å². The first-order valence-electron chi connectivity index (χ1n) is 5.53. The molecule has 15 heavy (non-hydrogen) atoms. The minimum absolute atomic E-state index is 0.500. The fourth-order valence-corrected chi connectivity index (χ4v) is 1.32. The van der Waals surface area contributed by atoms with Crippen molar-refractivity contribution in [3.8, 4) is 5.88 Å². The zero-order valence-electron chi connectivity index (χ0n) is 9.28. The Morgan fingerprint density at radius 2 is 2.07 bits per heavy atom. The van der Waals surface area contributed by atoms with E-state index in [1.54, 1.807) is 6.20 Å². The summed E-state index contributed by atoms with van der Waals surface area (Å²) < 4.78 is 5.44. The Morgan fingerprint density at radius 1 is 1.27 bits per heavy atom. The van der Waals surface area contributed by atoms with Crippen LogP contribution in [0.1, 0.15) is 39.0 Å². The van der Waals surface area contributed by atoms with Crippen molar-refractivity contribution in [3.05, 3.63) is 12.5 Å². The number of hydrogen-bond donors (Lipinski definition) is 1. The van der Waals surface area contributed by atoms with Crippen LogP contribution in [0.5, 0.6) is 5.88 Å². The van der Waals surface area contributed by atoms with Crippen molar-refractivity contribution >= 4 is 5.69 Å². The van der Waals surface area contributed by atoms with Gasteiger partial charge in [-0.15, -0.1) is 0 Å². The Bertz CT molecular complexity index is 278. The van der Waals surface area contributed by atoms with E-state index in [9.17, 15) is 0 Å². The third-order valence-electron chi connectivity index (χ3n) is 2.19. The molecule has 0 aliphatic rings. The molecular formula is C11H19N3O. The molecule has 2 N–H and O–H groups in total. The molecule has 1 rings (SSSR count). The summed E-state index contributed by atoms with van der Waals surface area (Å²) in [6, 6.07) is 0. The minimum atomic E-state index is 0.500. The molecule has 0 aliphatic heterocycles. The average molecular weight is 209 g/mol. The molecule has 0 spiro atoms. The highest BCUT2D eigenvalue weighted by Gasteiger charge is 1.99. The van der Waals surface area contributed by atoms with E-state index in [0.717, 1.165) is 6.42 Å². The maximum Gasteiger partial charge on any atom is 0.240 e. The van der Waals surface area contributed by atoms with Gasteiger partial charge in [0.1, 0.15) is 12.0 Å². The molecule has 0 atom stereocenters. The zero-order valence-corrected chi connectivity index (χ0v) is 9.28. The highest BCUT2D eigenvalue weighted by molar-refractivity contribution is 5.44. The number of nitrogen functional groups attached to an aromatic ring is 1. The van der Waals surface area contributed by atoms with E-state index >= 15 is 0 Å². The number of nitrogens with two attached hydrogens (primary N) is 1. The molecule has 84 valence electrons. The number of nitrogens with zero attached hydrogens (tertiary/aromatic N) is 2. The molecule has 1 aromatic heterocycles. The largest absolute Gasteiger partial charge is 0.476 e. The highest BCUT2D eigenvalue weighted by atomic mass is 16.5. The van der Waals surface area contributed by atoms with Crippen molar-refractivity contribution in [2.45, 2.75) is 39.0 Å². The van der Waals surface area contributed by atoms with E-state index in [0.29, 0.717) is 18.2 Å². The zero-order chi connectivity index (χ0) is 10.9. The van der Waals surface area contributed by atoms with Gasteiger partial charge >= 0.3 is 0 Å². The monoisotopic (exact) mass is 209 g/mol. The van der Waals surface area contributed by atoms with Crippen molar-refractivity contribution in [2.75, 3.05) is 12.3 Å². The van der Waals surface area contributed by atoms with Crippen LogP contribution in [0.4, 0.5) is 5.69 Å². The normalized spacial score (nSPS) is 10.2. The van der Waals surface area contributed by atoms with Crippen LogP contribution in [0.15, 0.2) is 12.5 Å². The van der Waals surface area contributed by atoms with Gasteiger partial charge in [-0.25, -0.2) is 9.97 Å². The standard InChI is InChI=1S/C11H19N3O/c1-2-3-4-5-6-7-15-11-10(12)8-13-9-14-11/h8-9H,2-7,12H2,1H3. The molecule has 0 amide bonds. The molecule has 0 aliphatic carbocycles. The van der Waals surface area contributed by atoms with Gasteiger partial charge in [0.05, 0.1) is 12.8 Å². The van der Waals surface area contributed by atoms with Gasteiger partial charge in [0, 0.05) is 0 Å². The number of anilines is 1. The molecule has 0 bridgehead atoms. The molecule has 0 aromatic carbocycles. The summed E-state index contributed by atoms with van der Waals surface area (Å²) in [5, 5.41) is 0. The summed E-state index contributed by atoms with van der Waals surface area (Å²) in [5.74, 6) is 0.500. The van der Waals surface area contributed by atoms with Gasteiger partial charge in [-0.05, 0) is 6.42 Å². The molecule has 0 fully saturated rings. The van der Waals surface area contributed by atoms with Crippen molar-refractivity contribution in [1.29, 1.82) is 0 Å². The summed E-state index contributed by atoms with van der Waals surface area (Å²) in [4.78, 5) is 7.75. The Balaban J connectivity index is 2.12. The van der Waals surface area contributed by atoms with E-state index < -0.39 is 0 Å². The molecular weight excluding hydrogens is 190 g/mol. The van der Waals surface area contributed by atoms with Crippen LogP contribution in [-0.2, 0) is 0 Å². The third-order valence-corrected chi connectivity index (χ3v) is 2.19. The smallest absolute Gasteiger partial charge is 0.240 e. The SMILES string of the molecule is CCCCCCCOc1ncncc1N. The molecule has 4 nitrogen and oxygen atoms in total. The van der Waals surface area contributed by atoms with Gasteiger partial charge in [0.25, 0.3) is 0 Å². The molecule has 1 heterocycles. The van der Waals surface area contributed by atoms with E-state index in [1.165, 1.54) is 32.0 Å². The lowest BCUT2D eigenvalue weighted by Gasteiger charge is -2.06. The lowest BCUT2D eigenvalue weighted by atomic mass is 10.2. The van der Waals surface area contributed by atoms with Gasteiger partial charge in [-0.2, -0.15) is 0 Å². The van der Waals surface area contributed by atoms with Crippen molar-refractivity contribution in [1.82, 2.24) is 9.97 Å². The quantitative estimate of drug-likeness (QED) is 0.700. The molecule has 0 saturated heterocycles. The predicted octanol–water partition coefficient (Wildman–Crippen LogP) is 2.41. The Kier molecular flexibility index (Phi) is 5.51. The first-order chi connectivity index (χ1) is 7.34. The minimum Gasteiger partial charge on any atom is -0.476 e. The lowest BCUT2D eigenvalue weighted by Crippen LogP contribution is -2.02. The van der Waals surface area contributed by atoms with E-state index in [1.807, 2.05) is 0 Å². The fourth-order valence-electron chi connectivity index (χ4n) is 1.32. The molecule has 4 heteroatoms. The summed E-state index contributed by atoms with van der Waals surface area (Å²) >= 11 is 0. The van der Waals surface area contributed by atoms with Gasteiger partial charge in [-0.1, -0.05) is 32.6 Å². The first kappa shape index (κ1) is 11.8. The molecule has 0 radical (unpaired) electrons. The van der Waals surface area contributed by atoms with Crippen LogP contribution in [0.25, 0.3) is 0 Å². The van der Waals surface area contributed by atoms with Crippen molar-refractivity contribution in [3.63, 3.8) is 0 Å². The van der Waals surface area contributed by atoms with Gasteiger partial charge in [0.15, 0.2) is 0 Å². The number of ether oxygens (including phenoxy) is 1. The molecule has 0 saturated carbocycles. The van der Waals surface area contributed by atoms with E-state index in [4.69, 9.17) is 10.5 Å². The number of rotatable bonds is 7. The van der Waals surface area contributed by atoms with Crippen LogP contribution in [0, 0.1) is 0 Å². The van der Waals surface area contributed by atoms with Gasteiger partial charge in [-0.3, -0.25) is 0 Å². The first-order valence-corrected chi connectivity index (χ1v) is 5.53. The second-order valence-corrected chi connectivity index (χ2v) is 3.55. The maximum atomic E-state index is 5.63. The van der Waals surface area contributed by atoms with Crippen LogP contribution in [0.3, 0.4) is 0 Å². The fraction of sp³-hybridized carbons (Fsp3) is 0.636. The molecule has 0 unspecified atom stereocenters. The number of unbranched alkanes of at least 4 members (excludes halogenated alkanes) is 4. The maximum absolute atomic E-state index is 5.63. The number of hydrogen-bond acceptors (Lipinski definition) is 4. The summed E-state index contributed by atoms with van der Waals surface area (Å²) in [6.07, 6.45) is 9.11. The second-order valence-electron chi connectivity index (χ2n) is 3.55. The van der Waals surface area contributed by atoms with Crippen LogP contribution in [-0.4, -0.2) is 16.6 Å². The van der Waals surface area contributed by atoms with E-state index in [2.05, 4.69) is 16.9 Å². The van der Waals surface area contributed by atoms with Crippen molar-refractivity contribution in [2.24, 2.45) is 0 Å². The topological polar surface area (TPSA) is 61.0 Å². The number of aromatic nitrogens is 2. The highest BCUT2D eigenvalue weighted by Crippen LogP contribution is 2.15.